The summed E-state index contributed by atoms with van der Waals surface area (Å²) in [6, 6.07) is 7.94. The predicted octanol–water partition coefficient (Wildman–Crippen LogP) is 3.24. The van der Waals surface area contributed by atoms with Crippen LogP contribution in [0.4, 0.5) is 10.8 Å². The van der Waals surface area contributed by atoms with Gasteiger partial charge in [-0.1, -0.05) is 19.1 Å². The first-order valence-electron chi connectivity index (χ1n) is 8.40. The monoisotopic (exact) mass is 343 g/mol. The molecule has 0 spiro atoms. The van der Waals surface area contributed by atoms with Crippen molar-refractivity contribution in [1.29, 1.82) is 0 Å². The summed E-state index contributed by atoms with van der Waals surface area (Å²) in [4.78, 5) is 19.0. The van der Waals surface area contributed by atoms with Gasteiger partial charge in [0, 0.05) is 35.6 Å². The van der Waals surface area contributed by atoms with E-state index in [2.05, 4.69) is 22.5 Å². The lowest BCUT2D eigenvalue weighted by molar-refractivity contribution is -0.117. The van der Waals surface area contributed by atoms with Crippen molar-refractivity contribution < 1.29 is 9.53 Å². The van der Waals surface area contributed by atoms with Gasteiger partial charge in [0.2, 0.25) is 5.91 Å². The highest BCUT2D eigenvalue weighted by Gasteiger charge is 2.39. The molecular formula is C18H21N3O2S. The van der Waals surface area contributed by atoms with Crippen molar-refractivity contribution in [3.05, 3.63) is 29.6 Å². The fourth-order valence-electron chi connectivity index (χ4n) is 2.94. The first-order valence-corrected chi connectivity index (χ1v) is 9.28. The number of carbonyl (C=O) groups excluding carboxylic acids is 1. The summed E-state index contributed by atoms with van der Waals surface area (Å²) in [5.74, 6) is 0.857. The van der Waals surface area contributed by atoms with Crippen LogP contribution in [0.25, 0.3) is 11.3 Å². The molecule has 2 aliphatic rings. The standard InChI is InChI=1S/C18H21N3O2S/c1-12-10-15(12)17(22)19-14-4-2-13(3-5-14)16-11-24-18(20-16)21-6-8-23-9-7-21/h2-5,11-12,15H,6-10H2,1H3,(H,19,22)/t12-,15+/m1/s1. The Balaban J connectivity index is 1.43. The van der Waals surface area contributed by atoms with Crippen molar-refractivity contribution in [2.24, 2.45) is 11.8 Å². The lowest BCUT2D eigenvalue weighted by atomic mass is 10.1. The van der Waals surface area contributed by atoms with E-state index >= 15 is 0 Å². The number of amides is 1. The van der Waals surface area contributed by atoms with E-state index < -0.39 is 0 Å². The van der Waals surface area contributed by atoms with Gasteiger partial charge in [-0.2, -0.15) is 0 Å². The molecule has 5 nitrogen and oxygen atoms in total. The fourth-order valence-corrected chi connectivity index (χ4v) is 3.83. The summed E-state index contributed by atoms with van der Waals surface area (Å²) in [5, 5.41) is 6.13. The molecule has 1 amide bonds. The van der Waals surface area contributed by atoms with Crippen molar-refractivity contribution >= 4 is 28.1 Å². The van der Waals surface area contributed by atoms with Crippen LogP contribution in [0.15, 0.2) is 29.6 Å². The molecule has 0 unspecified atom stereocenters. The number of nitrogens with zero attached hydrogens (tertiary/aromatic N) is 2. The summed E-state index contributed by atoms with van der Waals surface area (Å²) in [7, 11) is 0. The number of morpholine rings is 1. The number of benzene rings is 1. The molecule has 24 heavy (non-hydrogen) atoms. The zero-order valence-electron chi connectivity index (χ0n) is 13.7. The topological polar surface area (TPSA) is 54.5 Å². The number of thiazole rings is 1. The molecule has 1 aliphatic carbocycles. The summed E-state index contributed by atoms with van der Waals surface area (Å²) in [6.07, 6.45) is 1.01. The average molecular weight is 343 g/mol. The first-order chi connectivity index (χ1) is 11.7. The van der Waals surface area contributed by atoms with Gasteiger partial charge < -0.3 is 15.0 Å². The lowest BCUT2D eigenvalue weighted by Gasteiger charge is -2.26. The molecule has 1 N–H and O–H groups in total. The molecule has 2 heterocycles. The van der Waals surface area contributed by atoms with E-state index in [9.17, 15) is 4.79 Å². The molecular weight excluding hydrogens is 322 g/mol. The molecule has 2 fully saturated rings. The number of ether oxygens (including phenoxy) is 1. The Morgan fingerprint density at radius 2 is 2.00 bits per heavy atom. The van der Waals surface area contributed by atoms with E-state index in [1.807, 2.05) is 24.3 Å². The van der Waals surface area contributed by atoms with E-state index in [1.54, 1.807) is 11.3 Å². The van der Waals surface area contributed by atoms with Crippen molar-refractivity contribution in [3.63, 3.8) is 0 Å². The molecule has 2 aromatic rings. The van der Waals surface area contributed by atoms with Gasteiger partial charge in [-0.05, 0) is 24.5 Å². The maximum absolute atomic E-state index is 12.0. The van der Waals surface area contributed by atoms with Crippen molar-refractivity contribution in [2.45, 2.75) is 13.3 Å². The van der Waals surface area contributed by atoms with Crippen LogP contribution < -0.4 is 10.2 Å². The number of anilines is 2. The Hall–Kier alpha value is -1.92. The van der Waals surface area contributed by atoms with Gasteiger partial charge in [0.05, 0.1) is 18.9 Å². The minimum atomic E-state index is 0.138. The predicted molar refractivity (Wildman–Crippen MR) is 96.5 cm³/mol. The minimum absolute atomic E-state index is 0.138. The number of nitrogens with one attached hydrogen (secondary N) is 1. The molecule has 126 valence electrons. The maximum atomic E-state index is 12.0. The van der Waals surface area contributed by atoms with Crippen molar-refractivity contribution in [2.75, 3.05) is 36.5 Å². The van der Waals surface area contributed by atoms with E-state index in [4.69, 9.17) is 9.72 Å². The van der Waals surface area contributed by atoms with Gasteiger partial charge in [0.25, 0.3) is 0 Å². The average Bonchev–Trinajstić information content (AvgIpc) is 3.16. The Morgan fingerprint density at radius 1 is 1.29 bits per heavy atom. The second-order valence-corrected chi connectivity index (χ2v) is 7.34. The van der Waals surface area contributed by atoms with E-state index in [-0.39, 0.29) is 11.8 Å². The van der Waals surface area contributed by atoms with Gasteiger partial charge in [-0.25, -0.2) is 4.98 Å². The number of rotatable bonds is 4. The van der Waals surface area contributed by atoms with Crippen LogP contribution in [-0.2, 0) is 9.53 Å². The highest BCUT2D eigenvalue weighted by Crippen LogP contribution is 2.38. The van der Waals surface area contributed by atoms with Crippen LogP contribution >= 0.6 is 11.3 Å². The number of hydrogen-bond acceptors (Lipinski definition) is 5. The lowest BCUT2D eigenvalue weighted by Crippen LogP contribution is -2.36. The molecule has 6 heteroatoms. The van der Waals surface area contributed by atoms with E-state index in [0.717, 1.165) is 54.8 Å². The smallest absolute Gasteiger partial charge is 0.227 e. The van der Waals surface area contributed by atoms with Gasteiger partial charge >= 0.3 is 0 Å². The molecule has 1 aliphatic heterocycles. The molecule has 1 saturated heterocycles. The van der Waals surface area contributed by atoms with Gasteiger partial charge in [0.15, 0.2) is 5.13 Å². The van der Waals surface area contributed by atoms with Gasteiger partial charge in [-0.3, -0.25) is 4.79 Å². The van der Waals surface area contributed by atoms with Crippen LogP contribution in [0, 0.1) is 11.8 Å². The fraction of sp³-hybridized carbons (Fsp3) is 0.444. The second-order valence-electron chi connectivity index (χ2n) is 6.50. The minimum Gasteiger partial charge on any atom is -0.378 e. The number of carbonyl (C=O) groups is 1. The summed E-state index contributed by atoms with van der Waals surface area (Å²) >= 11 is 1.67. The highest BCUT2D eigenvalue weighted by molar-refractivity contribution is 7.14. The molecule has 0 bridgehead atoms. The van der Waals surface area contributed by atoms with Crippen molar-refractivity contribution in [1.82, 2.24) is 4.98 Å². The molecule has 0 radical (unpaired) electrons. The Bertz CT molecular complexity index is 722. The summed E-state index contributed by atoms with van der Waals surface area (Å²) in [6.45, 7) is 5.45. The normalized spacial score (nSPS) is 23.1. The molecule has 1 aromatic carbocycles. The van der Waals surface area contributed by atoms with Crippen LogP contribution in [-0.4, -0.2) is 37.2 Å². The third-order valence-electron chi connectivity index (χ3n) is 4.67. The first kappa shape index (κ1) is 15.6. The second kappa shape index (κ2) is 6.53. The van der Waals surface area contributed by atoms with Gasteiger partial charge in [0.1, 0.15) is 0 Å². The van der Waals surface area contributed by atoms with E-state index in [0.29, 0.717) is 5.92 Å². The molecule has 4 rings (SSSR count). The van der Waals surface area contributed by atoms with Crippen LogP contribution in [0.5, 0.6) is 0 Å². The summed E-state index contributed by atoms with van der Waals surface area (Å²) in [5.41, 5.74) is 2.91. The van der Waals surface area contributed by atoms with Crippen molar-refractivity contribution in [3.8, 4) is 11.3 Å². The Morgan fingerprint density at radius 3 is 2.67 bits per heavy atom. The van der Waals surface area contributed by atoms with Gasteiger partial charge in [-0.15, -0.1) is 11.3 Å². The zero-order chi connectivity index (χ0) is 16.5. The maximum Gasteiger partial charge on any atom is 0.227 e. The largest absolute Gasteiger partial charge is 0.378 e. The number of hydrogen-bond donors (Lipinski definition) is 1. The van der Waals surface area contributed by atoms with Crippen LogP contribution in [0.2, 0.25) is 0 Å². The summed E-state index contributed by atoms with van der Waals surface area (Å²) < 4.78 is 5.39. The molecule has 1 aromatic heterocycles. The molecule has 2 atom stereocenters. The Kier molecular flexibility index (Phi) is 4.24. The third-order valence-corrected chi connectivity index (χ3v) is 5.57. The quantitative estimate of drug-likeness (QED) is 0.926. The highest BCUT2D eigenvalue weighted by atomic mass is 32.1. The molecule has 1 saturated carbocycles. The Labute approximate surface area is 145 Å². The SMILES string of the molecule is C[C@@H]1C[C@@H]1C(=O)Nc1ccc(-c2csc(N3CCOCC3)n2)cc1. The van der Waals surface area contributed by atoms with E-state index in [1.165, 1.54) is 0 Å². The van der Waals surface area contributed by atoms with Crippen LogP contribution in [0.1, 0.15) is 13.3 Å². The third kappa shape index (κ3) is 3.30. The van der Waals surface area contributed by atoms with Crippen LogP contribution in [0.3, 0.4) is 0 Å². The zero-order valence-corrected chi connectivity index (χ0v) is 14.5. The number of aromatic nitrogens is 1.